The third kappa shape index (κ3) is 11.6. The summed E-state index contributed by atoms with van der Waals surface area (Å²) in [5, 5.41) is 0. The predicted molar refractivity (Wildman–Crippen MR) is 103 cm³/mol. The molecule has 0 aliphatic heterocycles. The van der Waals surface area contributed by atoms with Crippen molar-refractivity contribution in [3.05, 3.63) is 0 Å². The summed E-state index contributed by atoms with van der Waals surface area (Å²) >= 11 is 0. The number of unbranched alkanes of at least 4 members (excludes halogenated alkanes) is 8. The summed E-state index contributed by atoms with van der Waals surface area (Å²) in [4.78, 5) is 0. The summed E-state index contributed by atoms with van der Waals surface area (Å²) in [6.07, 6.45) is 14.0. The molecule has 24 heavy (non-hydrogen) atoms. The molecule has 0 radical (unpaired) electrons. The summed E-state index contributed by atoms with van der Waals surface area (Å²) in [6.45, 7) is 5.33. The van der Waals surface area contributed by atoms with Crippen LogP contribution >= 0.6 is 0 Å². The van der Waals surface area contributed by atoms with Gasteiger partial charge in [-0.3, -0.25) is 0 Å². The second kappa shape index (κ2) is 16.5. The maximum absolute atomic E-state index is 6.18. The number of ether oxygens (including phenoxy) is 1. The molecule has 0 aliphatic rings. The Bertz CT molecular complexity index is 251. The molecule has 0 aromatic carbocycles. The molecular formula is C19H42O4Si. The molecule has 0 amide bonds. The first-order valence-electron chi connectivity index (χ1n) is 9.95. The minimum Gasteiger partial charge on any atom is -0.378 e. The topological polar surface area (TPSA) is 36.9 Å². The smallest absolute Gasteiger partial charge is 0.378 e. The molecule has 0 N–H and O–H groups in total. The molecule has 1 unspecified atom stereocenters. The van der Waals surface area contributed by atoms with Gasteiger partial charge in [-0.2, -0.15) is 0 Å². The van der Waals surface area contributed by atoms with Crippen LogP contribution in [0.25, 0.3) is 0 Å². The van der Waals surface area contributed by atoms with E-state index in [2.05, 4.69) is 13.8 Å². The van der Waals surface area contributed by atoms with Crippen LogP contribution in [0.5, 0.6) is 0 Å². The largest absolute Gasteiger partial charge is 0.502 e. The van der Waals surface area contributed by atoms with Gasteiger partial charge in [-0.25, -0.2) is 0 Å². The maximum atomic E-state index is 6.18. The van der Waals surface area contributed by atoms with Crippen LogP contribution in [0.3, 0.4) is 0 Å². The molecular weight excluding hydrogens is 320 g/mol. The molecule has 1 atom stereocenters. The van der Waals surface area contributed by atoms with E-state index >= 15 is 0 Å². The quantitative estimate of drug-likeness (QED) is 0.235. The average molecular weight is 363 g/mol. The normalized spacial score (nSPS) is 13.4. The molecule has 5 heteroatoms. The fourth-order valence-electron chi connectivity index (χ4n) is 2.95. The first-order valence-corrected chi connectivity index (χ1v) is 11.9. The van der Waals surface area contributed by atoms with Gasteiger partial charge in [0.25, 0.3) is 0 Å². The van der Waals surface area contributed by atoms with E-state index in [1.54, 1.807) is 21.3 Å². The highest BCUT2D eigenvalue weighted by Gasteiger charge is 2.40. The molecule has 0 rings (SSSR count). The maximum Gasteiger partial charge on any atom is 0.502 e. The summed E-state index contributed by atoms with van der Waals surface area (Å²) in [6, 6.07) is 0.748. The van der Waals surface area contributed by atoms with Crippen molar-refractivity contribution in [3.63, 3.8) is 0 Å². The van der Waals surface area contributed by atoms with E-state index in [4.69, 9.17) is 18.0 Å². The average Bonchev–Trinajstić information content (AvgIpc) is 2.62. The molecule has 0 saturated carbocycles. The van der Waals surface area contributed by atoms with Gasteiger partial charge < -0.3 is 18.0 Å². The van der Waals surface area contributed by atoms with Crippen LogP contribution < -0.4 is 0 Å². The summed E-state index contributed by atoms with van der Waals surface area (Å²) in [7, 11) is 2.48. The second-order valence-electron chi connectivity index (χ2n) is 6.61. The standard InChI is InChI=1S/C19H42O4Si/c1-6-8-10-12-13-15-17-23-19(16-14-11-9-7-2)18-24(20-3,21-4)22-5/h19H,6-18H2,1-5H3. The third-order valence-corrected chi connectivity index (χ3v) is 7.46. The monoisotopic (exact) mass is 362 g/mol. The molecule has 0 aliphatic carbocycles. The second-order valence-corrected chi connectivity index (χ2v) is 9.61. The van der Waals surface area contributed by atoms with Gasteiger partial charge in [0.15, 0.2) is 0 Å². The Morgan fingerprint density at radius 3 is 1.71 bits per heavy atom. The Kier molecular flexibility index (Phi) is 16.6. The minimum atomic E-state index is -2.56. The van der Waals surface area contributed by atoms with Gasteiger partial charge in [-0.15, -0.1) is 0 Å². The van der Waals surface area contributed by atoms with E-state index in [1.807, 2.05) is 0 Å². The number of hydrogen-bond donors (Lipinski definition) is 0. The Balaban J connectivity index is 4.21. The van der Waals surface area contributed by atoms with Crippen molar-refractivity contribution in [2.24, 2.45) is 0 Å². The van der Waals surface area contributed by atoms with E-state index in [9.17, 15) is 0 Å². The van der Waals surface area contributed by atoms with Crippen LogP contribution in [0.1, 0.15) is 84.5 Å². The van der Waals surface area contributed by atoms with Crippen molar-refractivity contribution in [2.75, 3.05) is 27.9 Å². The van der Waals surface area contributed by atoms with Crippen LogP contribution in [0.4, 0.5) is 0 Å². The van der Waals surface area contributed by atoms with Crippen molar-refractivity contribution < 1.29 is 18.0 Å². The lowest BCUT2D eigenvalue weighted by atomic mass is 10.1. The van der Waals surface area contributed by atoms with Crippen molar-refractivity contribution >= 4 is 8.80 Å². The molecule has 4 nitrogen and oxygen atoms in total. The minimum absolute atomic E-state index is 0.184. The molecule has 0 heterocycles. The first kappa shape index (κ1) is 24.1. The highest BCUT2D eigenvalue weighted by Crippen LogP contribution is 2.22. The highest BCUT2D eigenvalue weighted by atomic mass is 28.4. The van der Waals surface area contributed by atoms with Crippen molar-refractivity contribution in [1.29, 1.82) is 0 Å². The fraction of sp³-hybridized carbons (Fsp3) is 1.00. The fourth-order valence-corrected chi connectivity index (χ4v) is 4.83. The van der Waals surface area contributed by atoms with Crippen LogP contribution in [0.2, 0.25) is 6.04 Å². The van der Waals surface area contributed by atoms with Gasteiger partial charge in [0.05, 0.1) is 6.10 Å². The third-order valence-electron chi connectivity index (χ3n) is 4.64. The van der Waals surface area contributed by atoms with Crippen molar-refractivity contribution in [2.45, 2.75) is 96.6 Å². The van der Waals surface area contributed by atoms with E-state index < -0.39 is 8.80 Å². The predicted octanol–water partition coefficient (Wildman–Crippen LogP) is 5.58. The molecule has 0 bridgehead atoms. The lowest BCUT2D eigenvalue weighted by Crippen LogP contribution is -2.46. The summed E-state index contributed by atoms with van der Waals surface area (Å²) < 4.78 is 22.9. The molecule has 0 fully saturated rings. The van der Waals surface area contributed by atoms with Gasteiger partial charge in [-0.1, -0.05) is 71.6 Å². The zero-order chi connectivity index (χ0) is 18.1. The first-order chi connectivity index (χ1) is 11.7. The summed E-state index contributed by atoms with van der Waals surface area (Å²) in [5.74, 6) is 0. The van der Waals surface area contributed by atoms with E-state index in [-0.39, 0.29) is 6.10 Å². The zero-order valence-corrected chi connectivity index (χ0v) is 17.9. The van der Waals surface area contributed by atoms with E-state index in [0.717, 1.165) is 25.5 Å². The molecule has 0 aromatic heterocycles. The van der Waals surface area contributed by atoms with Gasteiger partial charge in [0.1, 0.15) is 0 Å². The number of hydrogen-bond acceptors (Lipinski definition) is 4. The molecule has 146 valence electrons. The van der Waals surface area contributed by atoms with Crippen LogP contribution in [0, 0.1) is 0 Å². The Morgan fingerprint density at radius 1 is 0.667 bits per heavy atom. The molecule has 0 aromatic rings. The molecule has 0 saturated heterocycles. The van der Waals surface area contributed by atoms with Crippen molar-refractivity contribution in [3.8, 4) is 0 Å². The van der Waals surface area contributed by atoms with E-state index in [0.29, 0.717) is 0 Å². The SMILES string of the molecule is CCCCCCCCOC(CCCCCC)C[Si](OC)(OC)OC. The van der Waals surface area contributed by atoms with Gasteiger partial charge in [-0.05, 0) is 12.8 Å². The van der Waals surface area contributed by atoms with Crippen LogP contribution in [-0.4, -0.2) is 42.8 Å². The van der Waals surface area contributed by atoms with Gasteiger partial charge in [0, 0.05) is 34.0 Å². The Hall–Kier alpha value is 0.0569. The van der Waals surface area contributed by atoms with Crippen LogP contribution in [-0.2, 0) is 18.0 Å². The van der Waals surface area contributed by atoms with Crippen LogP contribution in [0.15, 0.2) is 0 Å². The molecule has 0 spiro atoms. The Morgan fingerprint density at radius 2 is 1.17 bits per heavy atom. The Labute approximate surface area is 152 Å². The van der Waals surface area contributed by atoms with Gasteiger partial charge >= 0.3 is 8.80 Å². The van der Waals surface area contributed by atoms with E-state index in [1.165, 1.54) is 57.8 Å². The lowest BCUT2D eigenvalue weighted by molar-refractivity contribution is 0.0337. The lowest BCUT2D eigenvalue weighted by Gasteiger charge is -2.29. The summed E-state index contributed by atoms with van der Waals surface area (Å²) in [5.41, 5.74) is 0. The van der Waals surface area contributed by atoms with Crippen molar-refractivity contribution in [1.82, 2.24) is 0 Å². The van der Waals surface area contributed by atoms with Gasteiger partial charge in [0.2, 0.25) is 0 Å². The highest BCUT2D eigenvalue weighted by molar-refractivity contribution is 6.60. The number of rotatable bonds is 18. The zero-order valence-electron chi connectivity index (χ0n) is 16.9.